The maximum atomic E-state index is 12.7. The minimum absolute atomic E-state index is 0.155. The van der Waals surface area contributed by atoms with Crippen molar-refractivity contribution < 1.29 is 13.2 Å². The van der Waals surface area contributed by atoms with Crippen LogP contribution in [0.1, 0.15) is 12.7 Å². The van der Waals surface area contributed by atoms with Crippen LogP contribution in [0.2, 0.25) is 0 Å². The first kappa shape index (κ1) is 23.0. The molecule has 34 heavy (non-hydrogen) atoms. The fraction of sp³-hybridized carbons (Fsp3) is 0.125. The van der Waals surface area contributed by atoms with Gasteiger partial charge in [0.15, 0.2) is 0 Å². The lowest BCUT2D eigenvalue weighted by Crippen LogP contribution is -2.12. The Kier molecular flexibility index (Phi) is 6.88. The molecule has 10 heteroatoms. The van der Waals surface area contributed by atoms with E-state index >= 15 is 0 Å². The molecule has 4 aromatic rings. The van der Waals surface area contributed by atoms with Crippen LogP contribution in [0.4, 0.5) is 28.8 Å². The molecular formula is C24H24N6O3S. The van der Waals surface area contributed by atoms with Gasteiger partial charge in [-0.3, -0.25) is 4.72 Å². The molecule has 0 amide bonds. The Hall–Kier alpha value is -4.18. The largest absolute Gasteiger partial charge is 0.494 e. The van der Waals surface area contributed by atoms with Gasteiger partial charge < -0.3 is 15.4 Å². The van der Waals surface area contributed by atoms with Crippen LogP contribution in [0, 0.1) is 6.92 Å². The molecule has 0 radical (unpaired) electrons. The molecule has 9 nitrogen and oxygen atoms in total. The monoisotopic (exact) mass is 476 g/mol. The molecule has 0 aliphatic rings. The Labute approximate surface area is 198 Å². The average Bonchev–Trinajstić information content (AvgIpc) is 2.81. The van der Waals surface area contributed by atoms with Crippen molar-refractivity contribution in [2.75, 3.05) is 22.0 Å². The third kappa shape index (κ3) is 5.99. The first-order valence-electron chi connectivity index (χ1n) is 10.6. The maximum absolute atomic E-state index is 12.7. The van der Waals surface area contributed by atoms with Crippen molar-refractivity contribution in [3.63, 3.8) is 0 Å². The highest BCUT2D eigenvalue weighted by Crippen LogP contribution is 2.23. The summed E-state index contributed by atoms with van der Waals surface area (Å²) >= 11 is 0. The Morgan fingerprint density at radius 3 is 2.15 bits per heavy atom. The second kappa shape index (κ2) is 10.2. The fourth-order valence-electron chi connectivity index (χ4n) is 3.13. The van der Waals surface area contributed by atoms with Gasteiger partial charge in [0, 0.05) is 23.6 Å². The molecule has 0 saturated carbocycles. The van der Waals surface area contributed by atoms with Gasteiger partial charge in [0.1, 0.15) is 29.0 Å². The van der Waals surface area contributed by atoms with Gasteiger partial charge in [-0.1, -0.05) is 6.07 Å². The zero-order valence-electron chi connectivity index (χ0n) is 18.7. The van der Waals surface area contributed by atoms with E-state index in [-0.39, 0.29) is 4.90 Å². The molecule has 4 rings (SSSR count). The van der Waals surface area contributed by atoms with E-state index in [1.165, 1.54) is 12.1 Å². The molecule has 0 saturated heterocycles. The van der Waals surface area contributed by atoms with Gasteiger partial charge >= 0.3 is 0 Å². The van der Waals surface area contributed by atoms with Crippen LogP contribution in [-0.2, 0) is 10.0 Å². The van der Waals surface area contributed by atoms with Crippen molar-refractivity contribution in [3.8, 4) is 5.75 Å². The summed E-state index contributed by atoms with van der Waals surface area (Å²) in [6, 6.07) is 20.5. The number of benzene rings is 2. The smallest absolute Gasteiger partial charge is 0.261 e. The van der Waals surface area contributed by atoms with Gasteiger partial charge in [0.25, 0.3) is 10.0 Å². The van der Waals surface area contributed by atoms with E-state index in [1.807, 2.05) is 25.1 Å². The minimum Gasteiger partial charge on any atom is -0.494 e. The van der Waals surface area contributed by atoms with E-state index in [1.54, 1.807) is 55.6 Å². The van der Waals surface area contributed by atoms with E-state index < -0.39 is 10.0 Å². The molecular weight excluding hydrogens is 452 g/mol. The molecule has 2 aromatic carbocycles. The van der Waals surface area contributed by atoms with Crippen molar-refractivity contribution in [2.24, 2.45) is 0 Å². The molecule has 0 spiro atoms. The first-order chi connectivity index (χ1) is 16.4. The number of hydrogen-bond acceptors (Lipinski definition) is 8. The summed E-state index contributed by atoms with van der Waals surface area (Å²) in [5.74, 6) is 3.08. The van der Waals surface area contributed by atoms with E-state index in [4.69, 9.17) is 4.74 Å². The molecule has 0 unspecified atom stereocenters. The highest BCUT2D eigenvalue weighted by atomic mass is 32.2. The molecule has 0 atom stereocenters. The average molecular weight is 477 g/mol. The van der Waals surface area contributed by atoms with Crippen LogP contribution in [0.15, 0.2) is 83.9 Å². The van der Waals surface area contributed by atoms with Crippen molar-refractivity contribution in [3.05, 3.63) is 84.8 Å². The van der Waals surface area contributed by atoms with Gasteiger partial charge in [-0.05, 0) is 74.5 Å². The summed E-state index contributed by atoms with van der Waals surface area (Å²) in [4.78, 5) is 13.2. The number of hydrogen-bond donors (Lipinski definition) is 3. The van der Waals surface area contributed by atoms with Crippen LogP contribution in [0.3, 0.4) is 0 Å². The van der Waals surface area contributed by atoms with Crippen LogP contribution >= 0.6 is 0 Å². The SMILES string of the molecule is CCOc1ccc(S(=O)(=O)Nc2ccc(Nc3cc(Nc4ccccn4)nc(C)n3)cc2)cc1. The van der Waals surface area contributed by atoms with Crippen molar-refractivity contribution in [1.82, 2.24) is 15.0 Å². The van der Waals surface area contributed by atoms with E-state index in [0.717, 1.165) is 5.69 Å². The Bertz CT molecular complexity index is 1350. The number of sulfonamides is 1. The third-order valence-electron chi connectivity index (χ3n) is 4.61. The zero-order chi connectivity index (χ0) is 24.0. The van der Waals surface area contributed by atoms with Crippen LogP contribution < -0.4 is 20.1 Å². The number of ether oxygens (including phenoxy) is 1. The number of nitrogens with one attached hydrogen (secondary N) is 3. The van der Waals surface area contributed by atoms with Crippen molar-refractivity contribution >= 4 is 38.9 Å². The molecule has 174 valence electrons. The second-order valence-electron chi connectivity index (χ2n) is 7.24. The van der Waals surface area contributed by atoms with Gasteiger partial charge in [-0.15, -0.1) is 0 Å². The Balaban J connectivity index is 1.43. The fourth-order valence-corrected chi connectivity index (χ4v) is 4.19. The number of rotatable bonds is 9. The molecule has 2 heterocycles. The summed E-state index contributed by atoms with van der Waals surface area (Å²) in [5, 5.41) is 6.35. The van der Waals surface area contributed by atoms with Crippen molar-refractivity contribution in [2.45, 2.75) is 18.7 Å². The predicted octanol–water partition coefficient (Wildman–Crippen LogP) is 4.87. The summed E-state index contributed by atoms with van der Waals surface area (Å²) in [6.45, 7) is 4.18. The number of pyridine rings is 1. The minimum atomic E-state index is -3.72. The number of nitrogens with zero attached hydrogens (tertiary/aromatic N) is 3. The molecule has 2 aromatic heterocycles. The van der Waals surface area contributed by atoms with Gasteiger partial charge in [-0.2, -0.15) is 0 Å². The summed E-state index contributed by atoms with van der Waals surface area (Å²) in [5.41, 5.74) is 1.18. The maximum Gasteiger partial charge on any atom is 0.261 e. The first-order valence-corrected chi connectivity index (χ1v) is 12.1. The lowest BCUT2D eigenvalue weighted by Gasteiger charge is -2.12. The Morgan fingerprint density at radius 1 is 0.824 bits per heavy atom. The lowest BCUT2D eigenvalue weighted by atomic mass is 10.3. The van der Waals surface area contributed by atoms with Crippen LogP contribution in [0.25, 0.3) is 0 Å². The highest BCUT2D eigenvalue weighted by molar-refractivity contribution is 7.92. The van der Waals surface area contributed by atoms with Gasteiger partial charge in [-0.25, -0.2) is 23.4 Å². The zero-order valence-corrected chi connectivity index (χ0v) is 19.5. The normalized spacial score (nSPS) is 11.0. The number of aromatic nitrogens is 3. The van der Waals surface area contributed by atoms with E-state index in [2.05, 4.69) is 30.3 Å². The van der Waals surface area contributed by atoms with E-state index in [0.29, 0.717) is 41.3 Å². The van der Waals surface area contributed by atoms with Crippen LogP contribution in [0.5, 0.6) is 5.75 Å². The summed E-state index contributed by atoms with van der Waals surface area (Å²) in [6.07, 6.45) is 1.70. The third-order valence-corrected chi connectivity index (χ3v) is 6.01. The predicted molar refractivity (Wildman–Crippen MR) is 132 cm³/mol. The number of anilines is 5. The Morgan fingerprint density at radius 2 is 1.50 bits per heavy atom. The summed E-state index contributed by atoms with van der Waals surface area (Å²) in [7, 11) is -3.72. The van der Waals surface area contributed by atoms with Gasteiger partial charge in [0.05, 0.1) is 11.5 Å². The topological polar surface area (TPSA) is 118 Å². The molecule has 0 aliphatic carbocycles. The highest BCUT2D eigenvalue weighted by Gasteiger charge is 2.14. The van der Waals surface area contributed by atoms with Crippen LogP contribution in [-0.4, -0.2) is 30.0 Å². The molecule has 0 aliphatic heterocycles. The second-order valence-corrected chi connectivity index (χ2v) is 8.92. The molecule has 3 N–H and O–H groups in total. The van der Waals surface area contributed by atoms with Gasteiger partial charge in [0.2, 0.25) is 0 Å². The number of aryl methyl sites for hydroxylation is 1. The standard InChI is InChI=1S/C24H24N6O3S/c1-3-33-20-11-13-21(14-12-20)34(31,32)30-19-9-7-18(8-10-19)28-23-16-24(27-17(2)26-23)29-22-6-4-5-15-25-22/h4-16,30H,3H2,1-2H3,(H2,25,26,27,28,29). The lowest BCUT2D eigenvalue weighted by molar-refractivity contribution is 0.340. The molecule has 0 fully saturated rings. The van der Waals surface area contributed by atoms with E-state index in [9.17, 15) is 8.42 Å². The molecule has 0 bridgehead atoms. The summed E-state index contributed by atoms with van der Waals surface area (Å²) < 4.78 is 33.3. The van der Waals surface area contributed by atoms with Crippen molar-refractivity contribution in [1.29, 1.82) is 0 Å². The quantitative estimate of drug-likeness (QED) is 0.313.